The molecule has 0 amide bonds. The number of benzene rings is 3. The Balaban J connectivity index is 1.14. The highest BCUT2D eigenvalue weighted by Crippen LogP contribution is 2.31. The average molecular weight is 454 g/mol. The van der Waals surface area contributed by atoms with Crippen LogP contribution in [0.4, 0.5) is 5.69 Å². The van der Waals surface area contributed by atoms with Crippen molar-refractivity contribution in [3.63, 3.8) is 0 Å². The zero-order valence-electron chi connectivity index (χ0n) is 19.3. The van der Waals surface area contributed by atoms with Crippen LogP contribution in [0, 0.1) is 0 Å². The van der Waals surface area contributed by atoms with E-state index in [-0.39, 0.29) is 0 Å². The Morgan fingerprint density at radius 3 is 2.68 bits per heavy atom. The molecule has 7 rings (SSSR count). The Kier molecular flexibility index (Phi) is 5.73. The SMILES string of the molecule is O[C@@H](COc1cccc2[nH]ccc12)CN1C[C@@H]2C/C=C\C[C@H]1CN2c1ccc2ccccc2c1. The topological polar surface area (TPSA) is 51.7 Å². The number of ether oxygens (including phenoxy) is 1. The van der Waals surface area contributed by atoms with Gasteiger partial charge in [-0.15, -0.1) is 0 Å². The minimum absolute atomic E-state index is 0.294. The number of nitrogens with zero attached hydrogens (tertiary/aromatic N) is 2. The molecule has 34 heavy (non-hydrogen) atoms. The number of aromatic nitrogens is 1. The first-order valence-corrected chi connectivity index (χ1v) is 12.3. The number of rotatable bonds is 6. The van der Waals surface area contributed by atoms with Gasteiger partial charge in [0.15, 0.2) is 0 Å². The Morgan fingerprint density at radius 2 is 1.76 bits per heavy atom. The molecule has 2 N–H and O–H groups in total. The van der Waals surface area contributed by atoms with Crippen molar-refractivity contribution in [1.29, 1.82) is 0 Å². The van der Waals surface area contributed by atoms with Gasteiger partial charge in [0.2, 0.25) is 0 Å². The average Bonchev–Trinajstić information content (AvgIpc) is 3.33. The molecule has 3 aliphatic heterocycles. The minimum Gasteiger partial charge on any atom is -0.490 e. The van der Waals surface area contributed by atoms with Crippen LogP contribution >= 0.6 is 0 Å². The summed E-state index contributed by atoms with van der Waals surface area (Å²) < 4.78 is 6.03. The standard InChI is InChI=1S/C29H31N3O2/c33-26(20-34-29-11-5-10-28-27(29)14-15-30-28)19-31-17-25-9-4-3-8-24(31)18-32(25)23-13-12-21-6-1-2-7-22(21)16-23/h1-7,10-16,24-26,30,33H,8-9,17-20H2/b4-3-/t24-,25-,26+/m0/s1. The van der Waals surface area contributed by atoms with Crippen molar-refractivity contribution in [3.8, 4) is 5.75 Å². The van der Waals surface area contributed by atoms with E-state index in [4.69, 9.17) is 4.74 Å². The normalized spacial score (nSPS) is 22.6. The van der Waals surface area contributed by atoms with Gasteiger partial charge in [-0.25, -0.2) is 0 Å². The van der Waals surface area contributed by atoms with Crippen LogP contribution in [0.15, 0.2) is 85.1 Å². The van der Waals surface area contributed by atoms with Crippen molar-refractivity contribution >= 4 is 27.4 Å². The van der Waals surface area contributed by atoms with E-state index < -0.39 is 6.10 Å². The summed E-state index contributed by atoms with van der Waals surface area (Å²) in [7, 11) is 0. The van der Waals surface area contributed by atoms with Crippen LogP contribution < -0.4 is 9.64 Å². The van der Waals surface area contributed by atoms with Crippen LogP contribution in [0.1, 0.15) is 12.8 Å². The fourth-order valence-corrected chi connectivity index (χ4v) is 5.53. The number of hydrogen-bond acceptors (Lipinski definition) is 4. The zero-order valence-corrected chi connectivity index (χ0v) is 19.3. The molecule has 2 bridgehead atoms. The fraction of sp³-hybridized carbons (Fsp3) is 0.310. The lowest BCUT2D eigenvalue weighted by Crippen LogP contribution is -2.60. The van der Waals surface area contributed by atoms with Crippen LogP contribution in [0.3, 0.4) is 0 Å². The maximum atomic E-state index is 10.9. The summed E-state index contributed by atoms with van der Waals surface area (Å²) in [5.74, 6) is 0.817. The van der Waals surface area contributed by atoms with Crippen LogP contribution in [0.5, 0.6) is 5.75 Å². The Labute approximate surface area is 200 Å². The number of aromatic amines is 1. The van der Waals surface area contributed by atoms with Crippen molar-refractivity contribution in [2.24, 2.45) is 0 Å². The largest absolute Gasteiger partial charge is 0.490 e. The highest BCUT2D eigenvalue weighted by Gasteiger charge is 2.35. The van der Waals surface area contributed by atoms with E-state index in [1.807, 2.05) is 30.5 Å². The quantitative estimate of drug-likeness (QED) is 0.405. The third-order valence-corrected chi connectivity index (χ3v) is 7.29. The van der Waals surface area contributed by atoms with E-state index in [1.165, 1.54) is 16.5 Å². The monoisotopic (exact) mass is 453 g/mol. The second kappa shape index (κ2) is 9.16. The van der Waals surface area contributed by atoms with Crippen LogP contribution in [0.2, 0.25) is 0 Å². The molecule has 3 aromatic carbocycles. The van der Waals surface area contributed by atoms with Crippen LogP contribution in [-0.2, 0) is 0 Å². The Hall–Kier alpha value is -3.28. The molecule has 5 nitrogen and oxygen atoms in total. The van der Waals surface area contributed by atoms with Gasteiger partial charge in [-0.05, 0) is 53.9 Å². The van der Waals surface area contributed by atoms with E-state index in [0.717, 1.165) is 42.6 Å². The van der Waals surface area contributed by atoms with Gasteiger partial charge in [-0.3, -0.25) is 4.90 Å². The number of nitrogens with one attached hydrogen (secondary N) is 1. The van der Waals surface area contributed by atoms with Gasteiger partial charge in [0.05, 0.1) is 0 Å². The second-order valence-electron chi connectivity index (χ2n) is 9.55. The van der Waals surface area contributed by atoms with Crippen molar-refractivity contribution in [2.45, 2.75) is 31.0 Å². The maximum absolute atomic E-state index is 10.9. The number of hydrogen-bond donors (Lipinski definition) is 2. The fourth-order valence-electron chi connectivity index (χ4n) is 5.53. The zero-order chi connectivity index (χ0) is 22.9. The molecule has 4 heterocycles. The highest BCUT2D eigenvalue weighted by atomic mass is 16.5. The highest BCUT2D eigenvalue weighted by molar-refractivity contribution is 5.86. The van der Waals surface area contributed by atoms with Gasteiger partial charge in [0.25, 0.3) is 0 Å². The van der Waals surface area contributed by atoms with Crippen molar-refractivity contribution in [3.05, 3.63) is 85.1 Å². The van der Waals surface area contributed by atoms with Gasteiger partial charge in [0, 0.05) is 54.5 Å². The van der Waals surface area contributed by atoms with E-state index in [9.17, 15) is 5.11 Å². The van der Waals surface area contributed by atoms with E-state index in [0.29, 0.717) is 25.2 Å². The molecule has 3 aliphatic rings. The predicted molar refractivity (Wildman–Crippen MR) is 139 cm³/mol. The Morgan fingerprint density at radius 1 is 0.912 bits per heavy atom. The molecular weight excluding hydrogens is 422 g/mol. The molecule has 1 aromatic heterocycles. The summed E-state index contributed by atoms with van der Waals surface area (Å²) in [5.41, 5.74) is 2.35. The molecule has 5 heteroatoms. The number of piperazine rings is 1. The first-order valence-electron chi connectivity index (χ1n) is 12.3. The third kappa shape index (κ3) is 4.17. The molecule has 3 atom stereocenters. The van der Waals surface area contributed by atoms with Gasteiger partial charge >= 0.3 is 0 Å². The molecule has 0 aliphatic carbocycles. The Bertz CT molecular complexity index is 1310. The van der Waals surface area contributed by atoms with Gasteiger partial charge in [-0.1, -0.05) is 48.6 Å². The molecule has 0 unspecified atom stereocenters. The molecular formula is C29H31N3O2. The lowest BCUT2D eigenvalue weighted by atomic mass is 9.96. The van der Waals surface area contributed by atoms with Gasteiger partial charge < -0.3 is 19.7 Å². The minimum atomic E-state index is -0.534. The van der Waals surface area contributed by atoms with Gasteiger partial charge in [0.1, 0.15) is 18.5 Å². The van der Waals surface area contributed by atoms with Crippen LogP contribution in [-0.4, -0.2) is 59.4 Å². The lowest BCUT2D eigenvalue weighted by molar-refractivity contribution is 0.0409. The summed E-state index contributed by atoms with van der Waals surface area (Å²) in [5, 5.41) is 14.5. The van der Waals surface area contributed by atoms with E-state index in [1.54, 1.807) is 0 Å². The van der Waals surface area contributed by atoms with Crippen molar-refractivity contribution < 1.29 is 9.84 Å². The van der Waals surface area contributed by atoms with Crippen molar-refractivity contribution in [1.82, 2.24) is 9.88 Å². The smallest absolute Gasteiger partial charge is 0.128 e. The molecule has 0 saturated carbocycles. The molecule has 1 saturated heterocycles. The number of fused-ring (bicyclic) bond motifs is 6. The number of aliphatic hydroxyl groups is 1. The molecule has 174 valence electrons. The van der Waals surface area contributed by atoms with E-state index >= 15 is 0 Å². The molecule has 1 fully saturated rings. The molecule has 0 spiro atoms. The first-order chi connectivity index (χ1) is 16.7. The van der Waals surface area contributed by atoms with E-state index in [2.05, 4.69) is 69.4 Å². The molecule has 0 radical (unpaired) electrons. The number of H-pyrrole nitrogens is 1. The third-order valence-electron chi connectivity index (χ3n) is 7.29. The molecule has 4 aromatic rings. The summed E-state index contributed by atoms with van der Waals surface area (Å²) >= 11 is 0. The first kappa shape index (κ1) is 21.3. The summed E-state index contributed by atoms with van der Waals surface area (Å²) in [4.78, 5) is 8.25. The van der Waals surface area contributed by atoms with Crippen molar-refractivity contribution in [2.75, 3.05) is 31.1 Å². The number of aliphatic hydroxyl groups excluding tert-OH is 1. The van der Waals surface area contributed by atoms with Gasteiger partial charge in [-0.2, -0.15) is 0 Å². The summed E-state index contributed by atoms with van der Waals surface area (Å²) in [6, 6.07) is 24.1. The summed E-state index contributed by atoms with van der Waals surface area (Å²) in [6.07, 6.45) is 8.06. The second-order valence-corrected chi connectivity index (χ2v) is 9.55. The summed E-state index contributed by atoms with van der Waals surface area (Å²) in [6.45, 7) is 2.85. The lowest BCUT2D eigenvalue weighted by Gasteiger charge is -2.48. The predicted octanol–water partition coefficient (Wildman–Crippen LogP) is 4.97. The maximum Gasteiger partial charge on any atom is 0.128 e. The number of anilines is 1. The van der Waals surface area contributed by atoms with Crippen LogP contribution in [0.25, 0.3) is 21.7 Å².